The Morgan fingerprint density at radius 2 is 2.09 bits per heavy atom. The van der Waals surface area contributed by atoms with Crippen molar-refractivity contribution in [3.05, 3.63) is 58.3 Å². The zero-order valence-corrected chi connectivity index (χ0v) is 12.7. The molecule has 0 bridgehead atoms. The number of aromatic amines is 1. The summed E-state index contributed by atoms with van der Waals surface area (Å²) in [5.41, 5.74) is 2.10. The van der Waals surface area contributed by atoms with E-state index in [-0.39, 0.29) is 11.9 Å². The van der Waals surface area contributed by atoms with Crippen LogP contribution in [-0.4, -0.2) is 21.1 Å². The van der Waals surface area contributed by atoms with Crippen molar-refractivity contribution in [2.75, 3.05) is 5.32 Å². The van der Waals surface area contributed by atoms with Crippen molar-refractivity contribution >= 4 is 29.3 Å². The van der Waals surface area contributed by atoms with Crippen LogP contribution in [0.3, 0.4) is 0 Å². The first kappa shape index (κ1) is 14.2. The maximum absolute atomic E-state index is 11.8. The topological polar surface area (TPSA) is 70.7 Å². The Kier molecular flexibility index (Phi) is 4.11. The number of amides is 1. The number of benzene rings is 1. The molecule has 110 valence electrons. The first-order chi connectivity index (χ1) is 10.7. The van der Waals surface area contributed by atoms with E-state index in [4.69, 9.17) is 0 Å². The molecule has 5 nitrogen and oxygen atoms in total. The van der Waals surface area contributed by atoms with Crippen LogP contribution in [0.4, 0.5) is 5.95 Å². The number of hydrogen-bond donors (Lipinski definition) is 2. The smallest absolute Gasteiger partial charge is 0.250 e. The Morgan fingerprint density at radius 1 is 1.27 bits per heavy atom. The van der Waals surface area contributed by atoms with Gasteiger partial charge >= 0.3 is 0 Å². The molecule has 0 aliphatic heterocycles. The first-order valence-electron chi connectivity index (χ1n) is 6.73. The van der Waals surface area contributed by atoms with Gasteiger partial charge in [-0.3, -0.25) is 15.2 Å². The van der Waals surface area contributed by atoms with Crippen LogP contribution in [0.5, 0.6) is 0 Å². The number of H-pyrrole nitrogens is 1. The molecule has 2 aromatic heterocycles. The number of anilines is 1. The monoisotopic (exact) mass is 310 g/mol. The van der Waals surface area contributed by atoms with Crippen molar-refractivity contribution in [3.8, 4) is 11.4 Å². The molecule has 0 saturated carbocycles. The Bertz CT molecular complexity index is 788. The van der Waals surface area contributed by atoms with E-state index in [1.54, 1.807) is 17.4 Å². The van der Waals surface area contributed by atoms with Gasteiger partial charge in [0.15, 0.2) is 5.82 Å². The maximum atomic E-state index is 11.8. The first-order valence-corrected chi connectivity index (χ1v) is 7.61. The fourth-order valence-electron chi connectivity index (χ4n) is 1.85. The van der Waals surface area contributed by atoms with E-state index >= 15 is 0 Å². The number of aryl methyl sites for hydroxylation is 1. The SMILES string of the molecule is Cc1ccc(-c2nc(NC(=O)/C=C/c3cccs3)n[nH]2)cc1. The van der Waals surface area contributed by atoms with Crippen molar-refractivity contribution < 1.29 is 4.79 Å². The second kappa shape index (κ2) is 6.36. The number of carbonyl (C=O) groups is 1. The van der Waals surface area contributed by atoms with Crippen LogP contribution >= 0.6 is 11.3 Å². The van der Waals surface area contributed by atoms with Gasteiger partial charge in [0.05, 0.1) is 0 Å². The minimum Gasteiger partial charge on any atom is -0.290 e. The lowest BCUT2D eigenvalue weighted by Crippen LogP contribution is -2.08. The Labute approximate surface area is 131 Å². The van der Waals surface area contributed by atoms with Crippen molar-refractivity contribution in [2.45, 2.75) is 6.92 Å². The van der Waals surface area contributed by atoms with E-state index in [1.165, 1.54) is 11.6 Å². The van der Waals surface area contributed by atoms with Gasteiger partial charge in [0.2, 0.25) is 5.95 Å². The quantitative estimate of drug-likeness (QED) is 0.725. The van der Waals surface area contributed by atoms with E-state index in [0.29, 0.717) is 5.82 Å². The predicted octanol–water partition coefficient (Wildman–Crippen LogP) is 3.49. The summed E-state index contributed by atoms with van der Waals surface area (Å²) >= 11 is 1.57. The summed E-state index contributed by atoms with van der Waals surface area (Å²) in [4.78, 5) is 17.1. The molecule has 0 aliphatic rings. The van der Waals surface area contributed by atoms with Gasteiger partial charge in [-0.25, -0.2) is 0 Å². The normalized spacial score (nSPS) is 11.0. The fourth-order valence-corrected chi connectivity index (χ4v) is 2.47. The standard InChI is InChI=1S/C16H14N4OS/c1-11-4-6-12(7-5-11)15-18-16(20-19-15)17-14(21)9-8-13-3-2-10-22-13/h2-10H,1H3,(H2,17,18,19,20,21)/b9-8+. The number of nitrogens with zero attached hydrogens (tertiary/aromatic N) is 2. The third-order valence-corrected chi connectivity index (χ3v) is 3.83. The van der Waals surface area contributed by atoms with Gasteiger partial charge in [0.25, 0.3) is 5.91 Å². The summed E-state index contributed by atoms with van der Waals surface area (Å²) in [5, 5.41) is 11.4. The van der Waals surface area contributed by atoms with Crippen LogP contribution in [0.1, 0.15) is 10.4 Å². The maximum Gasteiger partial charge on any atom is 0.250 e. The second-order valence-corrected chi connectivity index (χ2v) is 5.69. The molecule has 2 heterocycles. The number of nitrogens with one attached hydrogen (secondary N) is 2. The molecule has 3 rings (SSSR count). The highest BCUT2D eigenvalue weighted by Gasteiger charge is 2.07. The molecule has 0 radical (unpaired) electrons. The number of rotatable bonds is 4. The molecule has 0 atom stereocenters. The molecule has 0 fully saturated rings. The number of aromatic nitrogens is 3. The Hall–Kier alpha value is -2.73. The molecule has 6 heteroatoms. The number of carbonyl (C=O) groups excluding carboxylic acids is 1. The molecule has 3 aromatic rings. The average Bonchev–Trinajstić information content (AvgIpc) is 3.17. The fraction of sp³-hybridized carbons (Fsp3) is 0.0625. The Morgan fingerprint density at radius 3 is 2.82 bits per heavy atom. The van der Waals surface area contributed by atoms with Gasteiger partial charge in [-0.2, -0.15) is 4.98 Å². The Balaban J connectivity index is 1.66. The van der Waals surface area contributed by atoms with E-state index in [9.17, 15) is 4.79 Å². The van der Waals surface area contributed by atoms with Crippen molar-refractivity contribution in [1.82, 2.24) is 15.2 Å². The summed E-state index contributed by atoms with van der Waals surface area (Å²) < 4.78 is 0. The lowest BCUT2D eigenvalue weighted by atomic mass is 10.1. The molecule has 0 spiro atoms. The molecule has 0 unspecified atom stereocenters. The summed E-state index contributed by atoms with van der Waals surface area (Å²) in [6, 6.07) is 11.8. The lowest BCUT2D eigenvalue weighted by Gasteiger charge is -1.96. The van der Waals surface area contributed by atoms with Gasteiger partial charge in [-0.05, 0) is 24.4 Å². The largest absolute Gasteiger partial charge is 0.290 e. The highest BCUT2D eigenvalue weighted by Crippen LogP contribution is 2.16. The minimum atomic E-state index is -0.261. The highest BCUT2D eigenvalue weighted by atomic mass is 32.1. The van der Waals surface area contributed by atoms with Gasteiger partial charge in [-0.1, -0.05) is 35.9 Å². The van der Waals surface area contributed by atoms with Crippen LogP contribution in [0, 0.1) is 6.92 Å². The van der Waals surface area contributed by atoms with Gasteiger partial charge < -0.3 is 0 Å². The summed E-state index contributed by atoms with van der Waals surface area (Å²) in [5.74, 6) is 0.622. The van der Waals surface area contributed by atoms with Gasteiger partial charge in [0, 0.05) is 16.5 Å². The predicted molar refractivity (Wildman–Crippen MR) is 88.5 cm³/mol. The molecule has 0 saturated heterocycles. The van der Waals surface area contributed by atoms with Crippen LogP contribution in [0.2, 0.25) is 0 Å². The van der Waals surface area contributed by atoms with Crippen molar-refractivity contribution in [1.29, 1.82) is 0 Å². The number of thiophene rings is 1. The lowest BCUT2D eigenvalue weighted by molar-refractivity contribution is -0.111. The van der Waals surface area contributed by atoms with Crippen molar-refractivity contribution in [3.63, 3.8) is 0 Å². The van der Waals surface area contributed by atoms with Crippen LogP contribution in [-0.2, 0) is 4.79 Å². The molecule has 1 aromatic carbocycles. The van der Waals surface area contributed by atoms with Gasteiger partial charge in [0.1, 0.15) is 0 Å². The van der Waals surface area contributed by atoms with Crippen LogP contribution < -0.4 is 5.32 Å². The summed E-state index contributed by atoms with van der Waals surface area (Å²) in [6.45, 7) is 2.02. The minimum absolute atomic E-state index is 0.261. The van der Waals surface area contributed by atoms with E-state index < -0.39 is 0 Å². The summed E-state index contributed by atoms with van der Waals surface area (Å²) in [7, 11) is 0. The zero-order chi connectivity index (χ0) is 15.4. The van der Waals surface area contributed by atoms with Gasteiger partial charge in [-0.15, -0.1) is 16.4 Å². The van der Waals surface area contributed by atoms with Crippen LogP contribution in [0.15, 0.2) is 47.9 Å². The molecule has 0 aliphatic carbocycles. The molecule has 2 N–H and O–H groups in total. The van der Waals surface area contributed by atoms with Crippen molar-refractivity contribution in [2.24, 2.45) is 0 Å². The number of hydrogen-bond acceptors (Lipinski definition) is 4. The molecule has 1 amide bonds. The van der Waals surface area contributed by atoms with E-state index in [0.717, 1.165) is 10.4 Å². The zero-order valence-electron chi connectivity index (χ0n) is 11.9. The molecular weight excluding hydrogens is 296 g/mol. The van der Waals surface area contributed by atoms with Crippen LogP contribution in [0.25, 0.3) is 17.5 Å². The highest BCUT2D eigenvalue weighted by molar-refractivity contribution is 7.10. The van der Waals surface area contributed by atoms with E-state index in [1.807, 2.05) is 48.7 Å². The second-order valence-electron chi connectivity index (χ2n) is 4.71. The summed E-state index contributed by atoms with van der Waals surface area (Å²) in [6.07, 6.45) is 3.22. The third-order valence-electron chi connectivity index (χ3n) is 2.99. The average molecular weight is 310 g/mol. The molecular formula is C16H14N4OS. The third kappa shape index (κ3) is 3.48. The van der Waals surface area contributed by atoms with E-state index in [2.05, 4.69) is 20.5 Å². The molecule has 22 heavy (non-hydrogen) atoms.